The van der Waals surface area contributed by atoms with Gasteiger partial charge in [0.05, 0.1) is 16.8 Å². The Morgan fingerprint density at radius 3 is 2.94 bits per heavy atom. The second-order valence-electron chi connectivity index (χ2n) is 3.86. The van der Waals surface area contributed by atoms with Crippen molar-refractivity contribution in [3.8, 4) is 0 Å². The molecule has 3 rings (SSSR count). The van der Waals surface area contributed by atoms with Crippen molar-refractivity contribution in [2.45, 2.75) is 6.54 Å². The summed E-state index contributed by atoms with van der Waals surface area (Å²) in [5, 5.41) is 3.34. The Balaban J connectivity index is 1.75. The molecule has 3 aromatic rings. The molecule has 2 heterocycles. The van der Waals surface area contributed by atoms with Gasteiger partial charge in [-0.3, -0.25) is 4.79 Å². The van der Waals surface area contributed by atoms with Crippen molar-refractivity contribution in [2.24, 2.45) is 0 Å². The number of nitrogens with one attached hydrogen (secondary N) is 2. The maximum atomic E-state index is 11.9. The normalized spacial score (nSPS) is 10.7. The summed E-state index contributed by atoms with van der Waals surface area (Å²) in [7, 11) is 0. The fourth-order valence-corrected chi connectivity index (χ4v) is 2.58. The zero-order chi connectivity index (χ0) is 12.4. The first-order valence-corrected chi connectivity index (χ1v) is 6.40. The summed E-state index contributed by atoms with van der Waals surface area (Å²) in [5.74, 6) is -0.134. The number of carbonyl (C=O) groups is 1. The molecular weight excluding hydrogens is 246 g/mol. The summed E-state index contributed by atoms with van der Waals surface area (Å²) < 4.78 is 1.03. The Bertz CT molecular complexity index is 639. The number of aromatic amines is 1. The zero-order valence-corrected chi connectivity index (χ0v) is 10.3. The molecule has 0 fully saturated rings. The summed E-state index contributed by atoms with van der Waals surface area (Å²) in [6.07, 6.45) is 1.83. The van der Waals surface area contributed by atoms with Gasteiger partial charge in [0, 0.05) is 11.9 Å². The maximum Gasteiger partial charge on any atom is 0.280 e. The van der Waals surface area contributed by atoms with E-state index in [2.05, 4.69) is 15.3 Å². The first-order chi connectivity index (χ1) is 8.83. The van der Waals surface area contributed by atoms with E-state index in [1.165, 1.54) is 11.3 Å². The van der Waals surface area contributed by atoms with E-state index in [0.717, 1.165) is 15.9 Å². The second kappa shape index (κ2) is 4.62. The first kappa shape index (κ1) is 11.0. The van der Waals surface area contributed by atoms with Crippen LogP contribution in [0.4, 0.5) is 0 Å². The van der Waals surface area contributed by atoms with Crippen LogP contribution >= 0.6 is 11.3 Å². The minimum Gasteiger partial charge on any atom is -0.364 e. The molecule has 4 nitrogen and oxygen atoms in total. The lowest BCUT2D eigenvalue weighted by Crippen LogP contribution is -2.22. The molecule has 0 aliphatic carbocycles. The molecule has 0 saturated carbocycles. The summed E-state index contributed by atoms with van der Waals surface area (Å²) in [5.41, 5.74) is 1.84. The smallest absolute Gasteiger partial charge is 0.280 e. The number of para-hydroxylation sites is 1. The van der Waals surface area contributed by atoms with Crippen molar-refractivity contribution >= 4 is 27.5 Å². The average Bonchev–Trinajstić information content (AvgIpc) is 3.04. The minimum absolute atomic E-state index is 0.134. The van der Waals surface area contributed by atoms with Crippen molar-refractivity contribution in [1.29, 1.82) is 0 Å². The Hall–Kier alpha value is -2.14. The molecule has 0 aliphatic rings. The van der Waals surface area contributed by atoms with Gasteiger partial charge in [0.2, 0.25) is 0 Å². The molecule has 2 N–H and O–H groups in total. The van der Waals surface area contributed by atoms with Crippen LogP contribution in [0.25, 0.3) is 10.2 Å². The van der Waals surface area contributed by atoms with E-state index in [9.17, 15) is 4.79 Å². The predicted octanol–water partition coefficient (Wildman–Crippen LogP) is 2.55. The van der Waals surface area contributed by atoms with Crippen molar-refractivity contribution in [1.82, 2.24) is 15.3 Å². The quantitative estimate of drug-likeness (QED) is 0.757. The summed E-state index contributed by atoms with van der Waals surface area (Å²) in [4.78, 5) is 19.3. The largest absolute Gasteiger partial charge is 0.364 e. The van der Waals surface area contributed by atoms with Crippen molar-refractivity contribution in [3.05, 3.63) is 53.3 Å². The average molecular weight is 257 g/mol. The van der Waals surface area contributed by atoms with Crippen LogP contribution in [0.1, 0.15) is 15.5 Å². The number of hydrogen-bond acceptors (Lipinski definition) is 3. The van der Waals surface area contributed by atoms with E-state index in [-0.39, 0.29) is 5.91 Å². The predicted molar refractivity (Wildman–Crippen MR) is 71.6 cm³/mol. The summed E-state index contributed by atoms with van der Waals surface area (Å²) in [6, 6.07) is 11.6. The van der Waals surface area contributed by atoms with Crippen LogP contribution in [0.15, 0.2) is 42.6 Å². The minimum atomic E-state index is -0.134. The van der Waals surface area contributed by atoms with Gasteiger partial charge < -0.3 is 10.3 Å². The third-order valence-electron chi connectivity index (χ3n) is 2.59. The van der Waals surface area contributed by atoms with Crippen molar-refractivity contribution < 1.29 is 4.79 Å². The van der Waals surface area contributed by atoms with Gasteiger partial charge in [-0.25, -0.2) is 4.98 Å². The number of amides is 1. The van der Waals surface area contributed by atoms with Gasteiger partial charge in [-0.15, -0.1) is 11.3 Å². The molecular formula is C13H11N3OS. The molecule has 90 valence electrons. The van der Waals surface area contributed by atoms with Gasteiger partial charge in [-0.05, 0) is 24.3 Å². The molecule has 0 unspecified atom stereocenters. The molecule has 0 spiro atoms. The number of thiazole rings is 1. The molecule has 0 aliphatic heterocycles. The number of nitrogens with zero attached hydrogens (tertiary/aromatic N) is 1. The molecule has 2 aromatic heterocycles. The third kappa shape index (κ3) is 2.12. The van der Waals surface area contributed by atoms with Gasteiger partial charge in [-0.1, -0.05) is 12.1 Å². The molecule has 0 atom stereocenters. The molecule has 1 aromatic carbocycles. The van der Waals surface area contributed by atoms with Gasteiger partial charge in [0.1, 0.15) is 0 Å². The van der Waals surface area contributed by atoms with Gasteiger partial charge >= 0.3 is 0 Å². The molecule has 1 amide bonds. The van der Waals surface area contributed by atoms with E-state index in [1.54, 1.807) is 0 Å². The first-order valence-electron chi connectivity index (χ1n) is 5.59. The van der Waals surface area contributed by atoms with Crippen LogP contribution in [0.5, 0.6) is 0 Å². The summed E-state index contributed by atoms with van der Waals surface area (Å²) >= 11 is 1.41. The van der Waals surface area contributed by atoms with Gasteiger partial charge in [0.15, 0.2) is 5.01 Å². The number of benzene rings is 1. The SMILES string of the molecule is O=C(NCc1ccc[nH]1)c1nc2ccccc2s1. The van der Waals surface area contributed by atoms with Gasteiger partial charge in [-0.2, -0.15) is 0 Å². The van der Waals surface area contributed by atoms with Gasteiger partial charge in [0.25, 0.3) is 5.91 Å². The Morgan fingerprint density at radius 1 is 1.28 bits per heavy atom. The number of H-pyrrole nitrogens is 1. The second-order valence-corrected chi connectivity index (χ2v) is 4.90. The Kier molecular flexibility index (Phi) is 2.82. The zero-order valence-electron chi connectivity index (χ0n) is 9.51. The highest BCUT2D eigenvalue weighted by Crippen LogP contribution is 2.21. The molecule has 0 bridgehead atoms. The highest BCUT2D eigenvalue weighted by Gasteiger charge is 2.11. The van der Waals surface area contributed by atoms with Crippen LogP contribution in [-0.4, -0.2) is 15.9 Å². The van der Waals surface area contributed by atoms with Crippen LogP contribution < -0.4 is 5.32 Å². The lowest BCUT2D eigenvalue weighted by molar-refractivity contribution is 0.0950. The van der Waals surface area contributed by atoms with E-state index in [0.29, 0.717) is 11.6 Å². The van der Waals surface area contributed by atoms with Crippen LogP contribution in [0.2, 0.25) is 0 Å². The van der Waals surface area contributed by atoms with E-state index in [4.69, 9.17) is 0 Å². The topological polar surface area (TPSA) is 57.8 Å². The Labute approximate surface area is 108 Å². The molecule has 0 saturated heterocycles. The standard InChI is InChI=1S/C13H11N3OS/c17-12(15-8-9-4-3-7-14-9)13-16-10-5-1-2-6-11(10)18-13/h1-7,14H,8H2,(H,15,17). The number of hydrogen-bond donors (Lipinski definition) is 2. The number of fused-ring (bicyclic) bond motifs is 1. The van der Waals surface area contributed by atoms with Crippen LogP contribution in [0, 0.1) is 0 Å². The molecule has 18 heavy (non-hydrogen) atoms. The molecule has 0 radical (unpaired) electrons. The Morgan fingerprint density at radius 2 is 2.17 bits per heavy atom. The highest BCUT2D eigenvalue weighted by atomic mass is 32.1. The lowest BCUT2D eigenvalue weighted by Gasteiger charge is -1.99. The summed E-state index contributed by atoms with van der Waals surface area (Å²) in [6.45, 7) is 0.488. The van der Waals surface area contributed by atoms with E-state index < -0.39 is 0 Å². The number of rotatable bonds is 3. The lowest BCUT2D eigenvalue weighted by atomic mass is 10.3. The van der Waals surface area contributed by atoms with Crippen molar-refractivity contribution in [2.75, 3.05) is 0 Å². The van der Waals surface area contributed by atoms with Crippen LogP contribution in [-0.2, 0) is 6.54 Å². The fraction of sp³-hybridized carbons (Fsp3) is 0.0769. The monoisotopic (exact) mass is 257 g/mol. The van der Waals surface area contributed by atoms with Crippen LogP contribution in [0.3, 0.4) is 0 Å². The number of aromatic nitrogens is 2. The fourth-order valence-electron chi connectivity index (χ4n) is 1.70. The highest BCUT2D eigenvalue weighted by molar-refractivity contribution is 7.20. The van der Waals surface area contributed by atoms with E-state index >= 15 is 0 Å². The third-order valence-corrected chi connectivity index (χ3v) is 3.63. The van der Waals surface area contributed by atoms with E-state index in [1.807, 2.05) is 42.6 Å². The number of carbonyl (C=O) groups excluding carboxylic acids is 1. The van der Waals surface area contributed by atoms with Crippen molar-refractivity contribution in [3.63, 3.8) is 0 Å². The molecule has 5 heteroatoms. The maximum absolute atomic E-state index is 11.9.